The number of rotatable bonds is 7. The summed E-state index contributed by atoms with van der Waals surface area (Å²) in [5, 5.41) is 9.05. The first-order chi connectivity index (χ1) is 11.1. The summed E-state index contributed by atoms with van der Waals surface area (Å²) < 4.78 is 5.01. The van der Waals surface area contributed by atoms with Crippen molar-refractivity contribution in [3.8, 4) is 0 Å². The number of carbonyl (C=O) groups is 1. The third kappa shape index (κ3) is 5.55. The van der Waals surface area contributed by atoms with Gasteiger partial charge in [-0.15, -0.1) is 0 Å². The predicted octanol–water partition coefficient (Wildman–Crippen LogP) is 2.55. The zero-order chi connectivity index (χ0) is 16.7. The van der Waals surface area contributed by atoms with Crippen molar-refractivity contribution in [2.24, 2.45) is 0 Å². The Labute approximate surface area is 135 Å². The zero-order valence-electron chi connectivity index (χ0n) is 13.5. The minimum atomic E-state index is -0.0977. The van der Waals surface area contributed by atoms with Crippen LogP contribution < -0.4 is 16.0 Å². The van der Waals surface area contributed by atoms with Crippen molar-refractivity contribution in [3.05, 3.63) is 36.0 Å². The van der Waals surface area contributed by atoms with Crippen molar-refractivity contribution >= 4 is 29.0 Å². The molecule has 0 saturated carbocycles. The van der Waals surface area contributed by atoms with Gasteiger partial charge in [-0.1, -0.05) is 0 Å². The van der Waals surface area contributed by atoms with Gasteiger partial charge in [0, 0.05) is 43.7 Å². The number of hydrogen-bond acceptors (Lipinski definition) is 6. The van der Waals surface area contributed by atoms with E-state index in [9.17, 15) is 4.79 Å². The molecule has 2 rings (SSSR count). The van der Waals surface area contributed by atoms with E-state index in [1.54, 1.807) is 7.11 Å². The fourth-order valence-corrected chi connectivity index (χ4v) is 1.97. The van der Waals surface area contributed by atoms with Gasteiger partial charge in [0.2, 0.25) is 11.9 Å². The van der Waals surface area contributed by atoms with Crippen molar-refractivity contribution < 1.29 is 9.53 Å². The van der Waals surface area contributed by atoms with Crippen molar-refractivity contribution in [1.82, 2.24) is 9.97 Å². The molecule has 23 heavy (non-hydrogen) atoms. The second-order valence-corrected chi connectivity index (χ2v) is 5.02. The van der Waals surface area contributed by atoms with Gasteiger partial charge in [0.05, 0.1) is 6.61 Å². The topological polar surface area (TPSA) is 88.2 Å². The quantitative estimate of drug-likeness (QED) is 0.681. The normalized spacial score (nSPS) is 10.2. The summed E-state index contributed by atoms with van der Waals surface area (Å²) in [6, 6.07) is 9.22. The van der Waals surface area contributed by atoms with Crippen LogP contribution in [0.25, 0.3) is 0 Å². The molecule has 0 aliphatic carbocycles. The largest absolute Gasteiger partial charge is 0.383 e. The number of anilines is 4. The maximum Gasteiger partial charge on any atom is 0.229 e. The van der Waals surface area contributed by atoms with Gasteiger partial charge in [-0.3, -0.25) is 4.79 Å². The SMILES string of the molecule is COCCNc1cc(C)nc(Nc2ccc(NC(C)=O)cc2)n1. The summed E-state index contributed by atoms with van der Waals surface area (Å²) in [7, 11) is 1.66. The number of carbonyl (C=O) groups excluding carboxylic acids is 1. The van der Waals surface area contributed by atoms with E-state index < -0.39 is 0 Å². The molecule has 1 aromatic heterocycles. The predicted molar refractivity (Wildman–Crippen MR) is 91.2 cm³/mol. The van der Waals surface area contributed by atoms with Crippen LogP contribution in [0.5, 0.6) is 0 Å². The van der Waals surface area contributed by atoms with Crippen LogP contribution in [0, 0.1) is 6.92 Å². The third-order valence-corrected chi connectivity index (χ3v) is 2.93. The Hall–Kier alpha value is -2.67. The fraction of sp³-hybridized carbons (Fsp3) is 0.312. The average molecular weight is 315 g/mol. The second-order valence-electron chi connectivity index (χ2n) is 5.02. The summed E-state index contributed by atoms with van der Waals surface area (Å²) in [5.74, 6) is 1.16. The molecule has 0 radical (unpaired) electrons. The van der Waals surface area contributed by atoms with Crippen LogP contribution in [0.1, 0.15) is 12.6 Å². The van der Waals surface area contributed by atoms with Gasteiger partial charge >= 0.3 is 0 Å². The molecule has 0 bridgehead atoms. The van der Waals surface area contributed by atoms with Gasteiger partial charge in [-0.2, -0.15) is 4.98 Å². The van der Waals surface area contributed by atoms with Crippen LogP contribution in [0.15, 0.2) is 30.3 Å². The van der Waals surface area contributed by atoms with Gasteiger partial charge in [-0.05, 0) is 31.2 Å². The average Bonchev–Trinajstić information content (AvgIpc) is 2.48. The zero-order valence-corrected chi connectivity index (χ0v) is 13.5. The number of ether oxygens (including phenoxy) is 1. The minimum Gasteiger partial charge on any atom is -0.383 e. The first kappa shape index (κ1) is 16.7. The monoisotopic (exact) mass is 315 g/mol. The van der Waals surface area contributed by atoms with Crippen LogP contribution >= 0.6 is 0 Å². The first-order valence-corrected chi connectivity index (χ1v) is 7.30. The molecular weight excluding hydrogens is 294 g/mol. The Balaban J connectivity index is 2.05. The Morgan fingerprint density at radius 3 is 2.52 bits per heavy atom. The van der Waals surface area contributed by atoms with Crippen molar-refractivity contribution in [1.29, 1.82) is 0 Å². The number of hydrogen-bond donors (Lipinski definition) is 3. The van der Waals surface area contributed by atoms with E-state index in [2.05, 4.69) is 25.9 Å². The maximum atomic E-state index is 11.0. The molecule has 0 aliphatic rings. The van der Waals surface area contributed by atoms with Crippen LogP contribution in [0.3, 0.4) is 0 Å². The summed E-state index contributed by atoms with van der Waals surface area (Å²) in [6.07, 6.45) is 0. The number of benzene rings is 1. The summed E-state index contributed by atoms with van der Waals surface area (Å²) >= 11 is 0. The molecule has 1 amide bonds. The van der Waals surface area contributed by atoms with E-state index >= 15 is 0 Å². The van der Waals surface area contributed by atoms with E-state index in [0.29, 0.717) is 19.1 Å². The number of amides is 1. The van der Waals surface area contributed by atoms with Crippen LogP contribution in [0.2, 0.25) is 0 Å². The van der Waals surface area contributed by atoms with Crippen LogP contribution in [-0.2, 0) is 9.53 Å². The third-order valence-electron chi connectivity index (χ3n) is 2.93. The lowest BCUT2D eigenvalue weighted by atomic mass is 10.3. The fourth-order valence-electron chi connectivity index (χ4n) is 1.97. The molecule has 3 N–H and O–H groups in total. The summed E-state index contributed by atoms with van der Waals surface area (Å²) in [6.45, 7) is 4.67. The van der Waals surface area contributed by atoms with Gasteiger partial charge in [0.1, 0.15) is 5.82 Å². The first-order valence-electron chi connectivity index (χ1n) is 7.30. The Bertz CT molecular complexity index is 658. The van der Waals surface area contributed by atoms with Crippen molar-refractivity contribution in [2.45, 2.75) is 13.8 Å². The van der Waals surface area contributed by atoms with E-state index in [4.69, 9.17) is 4.74 Å². The molecule has 0 aliphatic heterocycles. The number of aromatic nitrogens is 2. The minimum absolute atomic E-state index is 0.0977. The van der Waals surface area contributed by atoms with E-state index in [-0.39, 0.29) is 5.91 Å². The molecule has 1 heterocycles. The summed E-state index contributed by atoms with van der Waals surface area (Å²) in [5.41, 5.74) is 2.44. The molecule has 0 spiro atoms. The summed E-state index contributed by atoms with van der Waals surface area (Å²) in [4.78, 5) is 19.8. The molecule has 7 heteroatoms. The van der Waals surface area contributed by atoms with E-state index in [1.165, 1.54) is 6.92 Å². The highest BCUT2D eigenvalue weighted by Crippen LogP contribution is 2.18. The number of nitrogens with one attached hydrogen (secondary N) is 3. The maximum absolute atomic E-state index is 11.0. The number of methoxy groups -OCH3 is 1. The van der Waals surface area contributed by atoms with Gasteiger partial charge in [-0.25, -0.2) is 4.98 Å². The molecule has 122 valence electrons. The van der Waals surface area contributed by atoms with Gasteiger partial charge in [0.15, 0.2) is 0 Å². The van der Waals surface area contributed by atoms with Crippen molar-refractivity contribution in [3.63, 3.8) is 0 Å². The van der Waals surface area contributed by atoms with Crippen molar-refractivity contribution in [2.75, 3.05) is 36.2 Å². The standard InChI is InChI=1S/C16H21N5O2/c1-11-10-15(17-8-9-23-3)21-16(18-11)20-14-6-4-13(5-7-14)19-12(2)22/h4-7,10H,8-9H2,1-3H3,(H,19,22)(H2,17,18,20,21). The molecule has 7 nitrogen and oxygen atoms in total. The Morgan fingerprint density at radius 2 is 1.87 bits per heavy atom. The second kappa shape index (κ2) is 8.09. The molecule has 0 saturated heterocycles. The van der Waals surface area contributed by atoms with Gasteiger partial charge < -0.3 is 20.7 Å². The van der Waals surface area contributed by atoms with Gasteiger partial charge in [0.25, 0.3) is 0 Å². The molecular formula is C16H21N5O2. The molecule has 0 unspecified atom stereocenters. The number of nitrogens with zero attached hydrogens (tertiary/aromatic N) is 2. The van der Waals surface area contributed by atoms with Crippen LogP contribution in [-0.4, -0.2) is 36.1 Å². The molecule has 2 aromatic rings. The van der Waals surface area contributed by atoms with Crippen LogP contribution in [0.4, 0.5) is 23.1 Å². The lowest BCUT2D eigenvalue weighted by Gasteiger charge is -2.10. The Morgan fingerprint density at radius 1 is 1.17 bits per heavy atom. The Kier molecular flexibility index (Phi) is 5.87. The lowest BCUT2D eigenvalue weighted by Crippen LogP contribution is -2.10. The van der Waals surface area contributed by atoms with E-state index in [1.807, 2.05) is 37.3 Å². The highest BCUT2D eigenvalue weighted by atomic mass is 16.5. The lowest BCUT2D eigenvalue weighted by molar-refractivity contribution is -0.114. The highest BCUT2D eigenvalue weighted by Gasteiger charge is 2.03. The van der Waals surface area contributed by atoms with E-state index in [0.717, 1.165) is 22.9 Å². The molecule has 0 atom stereocenters. The molecule has 0 fully saturated rings. The molecule has 1 aromatic carbocycles. The number of aryl methyl sites for hydroxylation is 1. The highest BCUT2D eigenvalue weighted by molar-refractivity contribution is 5.88. The smallest absolute Gasteiger partial charge is 0.229 e.